The minimum Gasteiger partial charge on any atom is -0.478 e. The van der Waals surface area contributed by atoms with Crippen LogP contribution in [-0.2, 0) is 20.7 Å². The maximum Gasteiger partial charge on any atom is 0.328 e. The lowest BCUT2D eigenvalue weighted by atomic mass is 9.90. The molecule has 2 aromatic rings. The Labute approximate surface area is 162 Å². The Morgan fingerprint density at radius 2 is 1.89 bits per heavy atom. The van der Waals surface area contributed by atoms with Crippen LogP contribution in [0.25, 0.3) is 10.9 Å². The SMILES string of the molecule is CN1CCOC2CCCc3nc4ccccc4c1c32.O.O=C(O)C=CC(=O)O. The number of likely N-dealkylation sites (N-methyl/N-ethyl adjacent to an activating group) is 1. The highest BCUT2D eigenvalue weighted by Gasteiger charge is 2.30. The summed E-state index contributed by atoms with van der Waals surface area (Å²) in [4.78, 5) is 26.3. The molecule has 0 radical (unpaired) electrons. The van der Waals surface area contributed by atoms with Gasteiger partial charge in [0.05, 0.1) is 23.9 Å². The predicted octanol–water partition coefficient (Wildman–Crippen LogP) is 1.97. The fraction of sp³-hybridized carbons (Fsp3) is 0.350. The second-order valence-corrected chi connectivity index (χ2v) is 6.52. The average molecular weight is 388 g/mol. The monoisotopic (exact) mass is 388 g/mol. The molecule has 0 saturated carbocycles. The molecule has 1 aromatic carbocycles. The largest absolute Gasteiger partial charge is 0.478 e. The Morgan fingerprint density at radius 3 is 2.57 bits per heavy atom. The van der Waals surface area contributed by atoms with Crippen molar-refractivity contribution in [2.75, 3.05) is 25.1 Å². The highest BCUT2D eigenvalue weighted by atomic mass is 16.5. The Morgan fingerprint density at radius 1 is 1.21 bits per heavy atom. The topological polar surface area (TPSA) is 131 Å². The first kappa shape index (κ1) is 21.3. The van der Waals surface area contributed by atoms with Gasteiger partial charge in [0.2, 0.25) is 0 Å². The number of hydrogen-bond acceptors (Lipinski definition) is 5. The average Bonchev–Trinajstić information content (AvgIpc) is 2.81. The third kappa shape index (κ3) is 4.65. The lowest BCUT2D eigenvalue weighted by molar-refractivity contribution is -0.134. The van der Waals surface area contributed by atoms with Gasteiger partial charge in [-0.15, -0.1) is 0 Å². The van der Waals surface area contributed by atoms with Crippen molar-refractivity contribution >= 4 is 28.5 Å². The maximum atomic E-state index is 9.55. The van der Waals surface area contributed by atoms with E-state index in [0.717, 1.165) is 31.5 Å². The van der Waals surface area contributed by atoms with Crippen LogP contribution >= 0.6 is 0 Å². The molecule has 4 N–H and O–H groups in total. The summed E-state index contributed by atoms with van der Waals surface area (Å²) in [6.07, 6.45) is 4.77. The molecule has 28 heavy (non-hydrogen) atoms. The van der Waals surface area contributed by atoms with Crippen molar-refractivity contribution in [2.45, 2.75) is 25.4 Å². The Balaban J connectivity index is 0.000000270. The first-order valence-corrected chi connectivity index (χ1v) is 8.85. The third-order valence-electron chi connectivity index (χ3n) is 4.68. The molecule has 0 fully saturated rings. The molecule has 2 heterocycles. The van der Waals surface area contributed by atoms with Gasteiger partial charge in [-0.05, 0) is 25.3 Å². The standard InChI is InChI=1S/C16H18N2O.C4H4O4.H2O/c1-18-9-10-19-14-8-4-7-13-15(14)16(18)11-5-2-3-6-12(11)17-13;5-3(6)1-2-4(7)8;/h2-3,5-6,14H,4,7-10H2,1H3;1-2H,(H,5,6)(H,7,8);1H2. The number of fused-ring (bicyclic) bond motifs is 2. The van der Waals surface area contributed by atoms with Gasteiger partial charge in [0, 0.05) is 42.4 Å². The fourth-order valence-corrected chi connectivity index (χ4v) is 3.55. The zero-order valence-corrected chi connectivity index (χ0v) is 15.6. The van der Waals surface area contributed by atoms with Crippen molar-refractivity contribution in [1.82, 2.24) is 4.98 Å². The number of rotatable bonds is 2. The molecular weight excluding hydrogens is 364 g/mol. The van der Waals surface area contributed by atoms with Crippen LogP contribution in [0.1, 0.15) is 30.2 Å². The summed E-state index contributed by atoms with van der Waals surface area (Å²) < 4.78 is 6.05. The van der Waals surface area contributed by atoms with Gasteiger partial charge in [-0.2, -0.15) is 0 Å². The van der Waals surface area contributed by atoms with Crippen LogP contribution in [0.4, 0.5) is 5.69 Å². The number of carboxylic acid groups (broad SMARTS) is 2. The van der Waals surface area contributed by atoms with E-state index in [9.17, 15) is 9.59 Å². The second kappa shape index (κ2) is 9.29. The van der Waals surface area contributed by atoms with Gasteiger partial charge in [0.1, 0.15) is 0 Å². The summed E-state index contributed by atoms with van der Waals surface area (Å²) in [5, 5.41) is 16.9. The lowest BCUT2D eigenvalue weighted by Crippen LogP contribution is -2.21. The van der Waals surface area contributed by atoms with Gasteiger partial charge < -0.3 is 25.3 Å². The highest BCUT2D eigenvalue weighted by molar-refractivity contribution is 5.94. The zero-order valence-electron chi connectivity index (χ0n) is 15.6. The molecule has 2 aliphatic rings. The molecule has 0 bridgehead atoms. The van der Waals surface area contributed by atoms with Gasteiger partial charge in [0.15, 0.2) is 0 Å². The van der Waals surface area contributed by atoms with Crippen LogP contribution in [0.2, 0.25) is 0 Å². The zero-order chi connectivity index (χ0) is 19.4. The summed E-state index contributed by atoms with van der Waals surface area (Å²) >= 11 is 0. The van der Waals surface area contributed by atoms with Crippen LogP contribution in [0.15, 0.2) is 36.4 Å². The smallest absolute Gasteiger partial charge is 0.328 e. The second-order valence-electron chi connectivity index (χ2n) is 6.52. The first-order chi connectivity index (χ1) is 13.0. The molecule has 0 saturated heterocycles. The Bertz CT molecular complexity index is 880. The van der Waals surface area contributed by atoms with Crippen LogP contribution in [-0.4, -0.2) is 52.8 Å². The highest BCUT2D eigenvalue weighted by Crippen LogP contribution is 2.43. The normalized spacial score (nSPS) is 17.8. The number of carboxylic acids is 2. The van der Waals surface area contributed by atoms with Crippen molar-refractivity contribution in [2.24, 2.45) is 0 Å². The molecule has 0 spiro atoms. The van der Waals surface area contributed by atoms with E-state index in [0.29, 0.717) is 12.2 Å². The van der Waals surface area contributed by atoms with Gasteiger partial charge in [-0.25, -0.2) is 9.59 Å². The third-order valence-corrected chi connectivity index (χ3v) is 4.68. The van der Waals surface area contributed by atoms with E-state index < -0.39 is 11.9 Å². The summed E-state index contributed by atoms with van der Waals surface area (Å²) in [5.74, 6) is -2.51. The van der Waals surface area contributed by atoms with Gasteiger partial charge in [0.25, 0.3) is 0 Å². The predicted molar refractivity (Wildman–Crippen MR) is 105 cm³/mol. The number of carbonyl (C=O) groups is 2. The lowest BCUT2D eigenvalue weighted by Gasteiger charge is -2.28. The van der Waals surface area contributed by atoms with Crippen molar-refractivity contribution in [3.05, 3.63) is 47.7 Å². The number of pyridine rings is 1. The van der Waals surface area contributed by atoms with E-state index in [1.54, 1.807) is 0 Å². The van der Waals surface area contributed by atoms with Crippen LogP contribution < -0.4 is 4.90 Å². The van der Waals surface area contributed by atoms with E-state index >= 15 is 0 Å². The number of ether oxygens (including phenoxy) is 1. The molecule has 8 nitrogen and oxygen atoms in total. The number of para-hydroxylation sites is 1. The van der Waals surface area contributed by atoms with Crippen molar-refractivity contribution in [1.29, 1.82) is 0 Å². The molecule has 1 aromatic heterocycles. The summed E-state index contributed by atoms with van der Waals surface area (Å²) in [6.45, 7) is 1.76. The maximum absolute atomic E-state index is 9.55. The van der Waals surface area contributed by atoms with E-state index in [1.165, 1.54) is 28.8 Å². The van der Waals surface area contributed by atoms with Gasteiger partial charge in [-0.3, -0.25) is 4.98 Å². The minimum atomic E-state index is -1.26. The molecule has 1 unspecified atom stereocenters. The number of anilines is 1. The van der Waals surface area contributed by atoms with E-state index in [4.69, 9.17) is 19.9 Å². The first-order valence-electron chi connectivity index (χ1n) is 8.85. The number of benzene rings is 1. The number of nitrogens with zero attached hydrogens (tertiary/aromatic N) is 2. The van der Waals surface area contributed by atoms with Crippen molar-refractivity contribution in [3.63, 3.8) is 0 Å². The molecule has 0 amide bonds. The minimum absolute atomic E-state index is 0. The Hall–Kier alpha value is -2.97. The number of aliphatic carboxylic acids is 2. The number of hydrogen-bond donors (Lipinski definition) is 2. The number of aromatic nitrogens is 1. The quantitative estimate of drug-likeness (QED) is 0.752. The molecule has 1 aliphatic carbocycles. The molecule has 1 aliphatic heterocycles. The van der Waals surface area contributed by atoms with Crippen LogP contribution in [0, 0.1) is 0 Å². The van der Waals surface area contributed by atoms with Crippen LogP contribution in [0.3, 0.4) is 0 Å². The molecular formula is C20H24N2O6. The Kier molecular flexibility index (Phi) is 7.08. The van der Waals surface area contributed by atoms with E-state index in [-0.39, 0.29) is 11.6 Å². The van der Waals surface area contributed by atoms with Crippen molar-refractivity contribution in [3.8, 4) is 0 Å². The molecule has 4 rings (SSSR count). The summed E-state index contributed by atoms with van der Waals surface area (Å²) in [6, 6.07) is 8.48. The van der Waals surface area contributed by atoms with Crippen LogP contribution in [0.5, 0.6) is 0 Å². The van der Waals surface area contributed by atoms with Crippen molar-refractivity contribution < 1.29 is 30.0 Å². The molecule has 1 atom stereocenters. The summed E-state index contributed by atoms with van der Waals surface area (Å²) in [7, 11) is 2.17. The number of aryl methyl sites for hydroxylation is 1. The fourth-order valence-electron chi connectivity index (χ4n) is 3.55. The molecule has 150 valence electrons. The molecule has 8 heteroatoms. The van der Waals surface area contributed by atoms with E-state index in [1.807, 2.05) is 0 Å². The van der Waals surface area contributed by atoms with E-state index in [2.05, 4.69) is 36.2 Å². The summed E-state index contributed by atoms with van der Waals surface area (Å²) in [5.41, 5.74) is 5.07. The van der Waals surface area contributed by atoms with Gasteiger partial charge in [-0.1, -0.05) is 18.2 Å². The van der Waals surface area contributed by atoms with Gasteiger partial charge >= 0.3 is 11.9 Å².